The summed E-state index contributed by atoms with van der Waals surface area (Å²) in [6.07, 6.45) is 3.28. The number of carbonyl (C=O) groups excluding carboxylic acids is 2. The lowest BCUT2D eigenvalue weighted by molar-refractivity contribution is -0.114. The van der Waals surface area contributed by atoms with Crippen molar-refractivity contribution < 1.29 is 14.3 Å². The Morgan fingerprint density at radius 1 is 1.33 bits per heavy atom. The predicted octanol–water partition coefficient (Wildman–Crippen LogP) is 0.765. The summed E-state index contributed by atoms with van der Waals surface area (Å²) < 4.78 is 6.88. The third kappa shape index (κ3) is 2.73. The van der Waals surface area contributed by atoms with Gasteiger partial charge in [-0.2, -0.15) is 5.10 Å². The van der Waals surface area contributed by atoms with Crippen molar-refractivity contribution in [2.75, 3.05) is 31.6 Å². The number of nitrogens with one attached hydrogen (secondary N) is 1. The summed E-state index contributed by atoms with van der Waals surface area (Å²) >= 11 is 0. The van der Waals surface area contributed by atoms with Gasteiger partial charge in [0.05, 0.1) is 30.5 Å². The number of pyridine rings is 1. The highest BCUT2D eigenvalue weighted by Crippen LogP contribution is 2.18. The predicted molar refractivity (Wildman–Crippen MR) is 76.2 cm³/mol. The van der Waals surface area contributed by atoms with Gasteiger partial charge in [-0.15, -0.1) is 0 Å². The Morgan fingerprint density at radius 3 is 2.81 bits per heavy atom. The molecule has 1 N–H and O–H groups in total. The highest BCUT2D eigenvalue weighted by Gasteiger charge is 2.21. The fourth-order valence-electron chi connectivity index (χ4n) is 2.36. The molecule has 3 heterocycles. The maximum absolute atomic E-state index is 12.5. The van der Waals surface area contributed by atoms with E-state index >= 15 is 0 Å². The zero-order chi connectivity index (χ0) is 14.8. The quantitative estimate of drug-likeness (QED) is 0.885. The van der Waals surface area contributed by atoms with Crippen LogP contribution in [0.3, 0.4) is 0 Å². The molecule has 0 atom stereocenters. The molecule has 1 fully saturated rings. The van der Waals surface area contributed by atoms with Crippen molar-refractivity contribution in [3.8, 4) is 0 Å². The summed E-state index contributed by atoms with van der Waals surface area (Å²) in [5.74, 6) is -0.215. The van der Waals surface area contributed by atoms with Gasteiger partial charge in [-0.3, -0.25) is 9.59 Å². The number of nitrogens with zero attached hydrogens (tertiary/aromatic N) is 3. The molecule has 110 valence electrons. The van der Waals surface area contributed by atoms with Crippen LogP contribution >= 0.6 is 0 Å². The second kappa shape index (κ2) is 5.53. The Bertz CT molecular complexity index is 689. The number of rotatable bonds is 2. The lowest BCUT2D eigenvalue weighted by atomic mass is 10.2. The molecule has 7 nitrogen and oxygen atoms in total. The van der Waals surface area contributed by atoms with E-state index < -0.39 is 0 Å². The highest BCUT2D eigenvalue weighted by molar-refractivity contribution is 6.01. The third-order valence-corrected chi connectivity index (χ3v) is 3.37. The van der Waals surface area contributed by atoms with E-state index in [2.05, 4.69) is 10.4 Å². The third-order valence-electron chi connectivity index (χ3n) is 3.37. The fraction of sp³-hybridized carbons (Fsp3) is 0.357. The highest BCUT2D eigenvalue weighted by atomic mass is 16.5. The number of hydrogen-bond donors (Lipinski definition) is 1. The molecule has 0 spiro atoms. The molecular formula is C14H16N4O3. The van der Waals surface area contributed by atoms with Crippen molar-refractivity contribution in [3.63, 3.8) is 0 Å². The van der Waals surface area contributed by atoms with Gasteiger partial charge in [-0.1, -0.05) is 0 Å². The van der Waals surface area contributed by atoms with Gasteiger partial charge in [0, 0.05) is 31.9 Å². The van der Waals surface area contributed by atoms with Crippen LogP contribution < -0.4 is 5.32 Å². The SMILES string of the molecule is CC(=O)Nc1ccn2ncc(C(=O)N3CCOCC3)c2c1. The molecule has 0 radical (unpaired) electrons. The molecule has 7 heteroatoms. The largest absolute Gasteiger partial charge is 0.378 e. The number of aromatic nitrogens is 2. The van der Waals surface area contributed by atoms with Crippen molar-refractivity contribution >= 4 is 23.0 Å². The summed E-state index contributed by atoms with van der Waals surface area (Å²) in [6.45, 7) is 3.73. The van der Waals surface area contributed by atoms with Crippen molar-refractivity contribution in [1.82, 2.24) is 14.5 Å². The number of anilines is 1. The Labute approximate surface area is 121 Å². The van der Waals surface area contributed by atoms with Gasteiger partial charge < -0.3 is 15.0 Å². The minimum atomic E-state index is -0.153. The van der Waals surface area contributed by atoms with Crippen molar-refractivity contribution in [1.29, 1.82) is 0 Å². The normalized spacial score (nSPS) is 15.2. The van der Waals surface area contributed by atoms with Crippen LogP contribution in [-0.2, 0) is 9.53 Å². The molecule has 1 aliphatic rings. The van der Waals surface area contributed by atoms with Crippen LogP contribution in [0.2, 0.25) is 0 Å². The summed E-state index contributed by atoms with van der Waals surface area (Å²) in [7, 11) is 0. The number of fused-ring (bicyclic) bond motifs is 1. The van der Waals surface area contributed by atoms with Gasteiger partial charge in [0.1, 0.15) is 0 Å². The number of ether oxygens (including phenoxy) is 1. The van der Waals surface area contributed by atoms with Gasteiger partial charge in [-0.25, -0.2) is 4.52 Å². The fourth-order valence-corrected chi connectivity index (χ4v) is 2.36. The van der Waals surface area contributed by atoms with Crippen molar-refractivity contribution in [3.05, 3.63) is 30.1 Å². The first-order valence-corrected chi connectivity index (χ1v) is 6.77. The second-order valence-corrected chi connectivity index (χ2v) is 4.89. The van der Waals surface area contributed by atoms with E-state index in [1.165, 1.54) is 6.92 Å². The van der Waals surface area contributed by atoms with Gasteiger partial charge in [0.2, 0.25) is 5.91 Å². The molecule has 1 saturated heterocycles. The summed E-state index contributed by atoms with van der Waals surface area (Å²) in [5, 5.41) is 6.89. The molecule has 0 aromatic carbocycles. The molecular weight excluding hydrogens is 272 g/mol. The summed E-state index contributed by atoms with van der Waals surface area (Å²) in [5.41, 5.74) is 1.85. The molecule has 0 aliphatic carbocycles. The van der Waals surface area contributed by atoms with E-state index in [4.69, 9.17) is 4.74 Å². The Morgan fingerprint density at radius 2 is 2.10 bits per heavy atom. The molecule has 2 amide bonds. The van der Waals surface area contributed by atoms with E-state index in [9.17, 15) is 9.59 Å². The molecule has 21 heavy (non-hydrogen) atoms. The molecule has 3 rings (SSSR count). The van der Waals surface area contributed by atoms with E-state index in [0.29, 0.717) is 43.1 Å². The van der Waals surface area contributed by atoms with Gasteiger partial charge >= 0.3 is 0 Å². The first-order valence-electron chi connectivity index (χ1n) is 6.77. The van der Waals surface area contributed by atoms with Crippen LogP contribution in [0.5, 0.6) is 0 Å². The molecule has 2 aromatic heterocycles. The number of morpholine rings is 1. The van der Waals surface area contributed by atoms with Crippen LogP contribution in [0.1, 0.15) is 17.3 Å². The molecule has 0 unspecified atom stereocenters. The van der Waals surface area contributed by atoms with Gasteiger partial charge in [0.15, 0.2) is 0 Å². The first kappa shape index (κ1) is 13.6. The maximum atomic E-state index is 12.5. The van der Waals surface area contributed by atoms with Crippen molar-refractivity contribution in [2.24, 2.45) is 0 Å². The smallest absolute Gasteiger partial charge is 0.257 e. The van der Waals surface area contributed by atoms with E-state index in [-0.39, 0.29) is 11.8 Å². The standard InChI is InChI=1S/C14H16N4O3/c1-10(19)16-11-2-3-18-13(8-11)12(9-15-18)14(20)17-4-6-21-7-5-17/h2-3,8-9H,4-7H2,1H3,(H,16,19). The Balaban J connectivity index is 1.94. The van der Waals surface area contributed by atoms with Crippen LogP contribution in [0.25, 0.3) is 5.52 Å². The number of amides is 2. The minimum Gasteiger partial charge on any atom is -0.378 e. The molecule has 2 aromatic rings. The Kier molecular flexibility index (Phi) is 3.57. The molecule has 0 saturated carbocycles. The number of carbonyl (C=O) groups is 2. The van der Waals surface area contributed by atoms with Crippen LogP contribution in [0, 0.1) is 0 Å². The lowest BCUT2D eigenvalue weighted by Crippen LogP contribution is -2.40. The van der Waals surface area contributed by atoms with E-state index in [0.717, 1.165) is 0 Å². The first-order chi connectivity index (χ1) is 10.1. The Hall–Kier alpha value is -2.41. The second-order valence-electron chi connectivity index (χ2n) is 4.89. The average Bonchev–Trinajstić information content (AvgIpc) is 2.90. The van der Waals surface area contributed by atoms with Gasteiger partial charge in [0.25, 0.3) is 5.91 Å². The topological polar surface area (TPSA) is 75.9 Å². The van der Waals surface area contributed by atoms with Crippen molar-refractivity contribution in [2.45, 2.75) is 6.92 Å². The zero-order valence-corrected chi connectivity index (χ0v) is 11.7. The lowest BCUT2D eigenvalue weighted by Gasteiger charge is -2.26. The molecule has 1 aliphatic heterocycles. The maximum Gasteiger partial charge on any atom is 0.257 e. The monoisotopic (exact) mass is 288 g/mol. The van der Waals surface area contributed by atoms with Crippen LogP contribution in [0.4, 0.5) is 5.69 Å². The summed E-state index contributed by atoms with van der Waals surface area (Å²) in [4.78, 5) is 25.4. The molecule has 0 bridgehead atoms. The minimum absolute atomic E-state index is 0.0618. The average molecular weight is 288 g/mol. The van der Waals surface area contributed by atoms with Gasteiger partial charge in [-0.05, 0) is 12.1 Å². The van der Waals surface area contributed by atoms with Crippen LogP contribution in [-0.4, -0.2) is 52.6 Å². The van der Waals surface area contributed by atoms with E-state index in [1.807, 2.05) is 0 Å². The van der Waals surface area contributed by atoms with E-state index in [1.54, 1.807) is 33.9 Å². The van der Waals surface area contributed by atoms with Crippen LogP contribution in [0.15, 0.2) is 24.5 Å². The zero-order valence-electron chi connectivity index (χ0n) is 11.7. The summed E-state index contributed by atoms with van der Waals surface area (Å²) in [6, 6.07) is 3.49. The number of hydrogen-bond acceptors (Lipinski definition) is 4.